The van der Waals surface area contributed by atoms with Gasteiger partial charge in [-0.25, -0.2) is 4.68 Å². The van der Waals surface area contributed by atoms with Crippen LogP contribution in [-0.4, -0.2) is 39.1 Å². The molecule has 1 aliphatic rings. The topological polar surface area (TPSA) is 97.9 Å². The molecule has 8 heteroatoms. The number of nitrogens with zero attached hydrogens (tertiary/aromatic N) is 4. The Morgan fingerprint density at radius 2 is 2.44 bits per heavy atom. The number of aryl methyl sites for hydroxylation is 1. The number of hydrogen-bond acceptors (Lipinski definition) is 6. The molecule has 3 heterocycles. The van der Waals surface area contributed by atoms with Crippen LogP contribution < -0.4 is 10.6 Å². The highest BCUT2D eigenvalue weighted by Gasteiger charge is 2.21. The third-order valence-corrected chi connectivity index (χ3v) is 2.75. The quantitative estimate of drug-likeness (QED) is 0.791. The van der Waals surface area contributed by atoms with E-state index in [0.717, 1.165) is 13.1 Å². The summed E-state index contributed by atoms with van der Waals surface area (Å²) in [6.07, 6.45) is 1.63. The third-order valence-electron chi connectivity index (χ3n) is 2.75. The summed E-state index contributed by atoms with van der Waals surface area (Å²) >= 11 is 0. The van der Waals surface area contributed by atoms with Crippen molar-refractivity contribution in [2.45, 2.75) is 13.0 Å². The summed E-state index contributed by atoms with van der Waals surface area (Å²) in [6.45, 7) is 3.46. The van der Waals surface area contributed by atoms with Gasteiger partial charge in [0.1, 0.15) is 5.76 Å². The Morgan fingerprint density at radius 3 is 3.06 bits per heavy atom. The number of carbonyl (C=O) groups is 1. The molecule has 2 aromatic heterocycles. The maximum Gasteiger partial charge on any atom is 0.279 e. The summed E-state index contributed by atoms with van der Waals surface area (Å²) < 4.78 is 6.55. The first-order valence-electron chi connectivity index (χ1n) is 5.59. The lowest BCUT2D eigenvalue weighted by Gasteiger charge is -2.26. The van der Waals surface area contributed by atoms with Crippen LogP contribution in [0.1, 0.15) is 22.3 Å². The van der Waals surface area contributed by atoms with Crippen LogP contribution in [0.25, 0.3) is 0 Å². The number of nitrogens with one attached hydrogen (secondary N) is 2. The van der Waals surface area contributed by atoms with Crippen LogP contribution in [0.5, 0.6) is 0 Å². The van der Waals surface area contributed by atoms with Crippen molar-refractivity contribution in [2.75, 3.05) is 18.4 Å². The van der Waals surface area contributed by atoms with Crippen molar-refractivity contribution in [3.05, 3.63) is 23.7 Å². The van der Waals surface area contributed by atoms with E-state index in [4.69, 9.17) is 4.52 Å². The largest absolute Gasteiger partial charge is 0.360 e. The van der Waals surface area contributed by atoms with Crippen molar-refractivity contribution in [1.29, 1.82) is 0 Å². The summed E-state index contributed by atoms with van der Waals surface area (Å²) in [5.41, 5.74) is 0.266. The molecule has 0 atom stereocenters. The maximum atomic E-state index is 11.8. The van der Waals surface area contributed by atoms with E-state index in [-0.39, 0.29) is 17.6 Å². The normalized spacial score (nSPS) is 15.4. The first kappa shape index (κ1) is 10.9. The van der Waals surface area contributed by atoms with Crippen LogP contribution in [-0.2, 0) is 0 Å². The summed E-state index contributed by atoms with van der Waals surface area (Å²) in [5, 5.41) is 17.2. The maximum absolute atomic E-state index is 11.8. The Bertz CT molecular complexity index is 570. The first-order chi connectivity index (χ1) is 8.72. The van der Waals surface area contributed by atoms with Crippen LogP contribution in [0.3, 0.4) is 0 Å². The van der Waals surface area contributed by atoms with Gasteiger partial charge in [0.2, 0.25) is 0 Å². The molecule has 0 aliphatic carbocycles. The van der Waals surface area contributed by atoms with E-state index in [1.165, 1.54) is 0 Å². The van der Waals surface area contributed by atoms with Gasteiger partial charge < -0.3 is 15.2 Å². The van der Waals surface area contributed by atoms with Crippen molar-refractivity contribution < 1.29 is 9.32 Å². The molecule has 0 radical (unpaired) electrons. The molecular weight excluding hydrogens is 236 g/mol. The molecule has 0 aromatic carbocycles. The van der Waals surface area contributed by atoms with Gasteiger partial charge in [0.25, 0.3) is 5.91 Å². The van der Waals surface area contributed by atoms with E-state index in [9.17, 15) is 4.79 Å². The molecule has 94 valence electrons. The average Bonchev–Trinajstić information content (AvgIpc) is 2.86. The van der Waals surface area contributed by atoms with Gasteiger partial charge in [-0.1, -0.05) is 10.4 Å². The van der Waals surface area contributed by atoms with E-state index in [1.54, 1.807) is 23.9 Å². The lowest BCUT2D eigenvalue weighted by atomic mass is 10.2. The second-order valence-corrected chi connectivity index (χ2v) is 4.17. The lowest BCUT2D eigenvalue weighted by Crippen LogP contribution is -2.43. The highest BCUT2D eigenvalue weighted by Crippen LogP contribution is 2.11. The zero-order valence-corrected chi connectivity index (χ0v) is 9.75. The second kappa shape index (κ2) is 4.22. The van der Waals surface area contributed by atoms with Gasteiger partial charge in [-0.05, 0) is 6.92 Å². The highest BCUT2D eigenvalue weighted by atomic mass is 16.5. The number of carbonyl (C=O) groups excluding carboxylic acids is 1. The summed E-state index contributed by atoms with van der Waals surface area (Å²) in [7, 11) is 0. The molecule has 18 heavy (non-hydrogen) atoms. The van der Waals surface area contributed by atoms with Crippen LogP contribution >= 0.6 is 0 Å². The van der Waals surface area contributed by atoms with Gasteiger partial charge in [-0.3, -0.25) is 4.79 Å². The molecule has 2 aromatic rings. The second-order valence-electron chi connectivity index (χ2n) is 4.17. The number of rotatable bonds is 3. The van der Waals surface area contributed by atoms with E-state index in [2.05, 4.69) is 26.1 Å². The minimum atomic E-state index is -0.346. The Morgan fingerprint density at radius 1 is 1.61 bits per heavy atom. The molecule has 8 nitrogen and oxygen atoms in total. The third kappa shape index (κ3) is 1.97. The predicted molar refractivity (Wildman–Crippen MR) is 61.1 cm³/mol. The molecule has 1 aliphatic heterocycles. The van der Waals surface area contributed by atoms with Gasteiger partial charge in [-0.2, -0.15) is 0 Å². The number of hydrogen-bond donors (Lipinski definition) is 2. The minimum Gasteiger partial charge on any atom is -0.360 e. The van der Waals surface area contributed by atoms with E-state index in [0.29, 0.717) is 11.6 Å². The summed E-state index contributed by atoms with van der Waals surface area (Å²) in [4.78, 5) is 11.8. The van der Waals surface area contributed by atoms with Crippen LogP contribution in [0.2, 0.25) is 0 Å². The fraction of sp³-hybridized carbons (Fsp3) is 0.400. The Labute approximate surface area is 102 Å². The van der Waals surface area contributed by atoms with Crippen molar-refractivity contribution in [3.63, 3.8) is 0 Å². The molecule has 2 N–H and O–H groups in total. The Kier molecular flexibility index (Phi) is 2.56. The fourth-order valence-electron chi connectivity index (χ4n) is 1.63. The number of anilines is 1. The number of aromatic nitrogens is 4. The summed E-state index contributed by atoms with van der Waals surface area (Å²) in [6, 6.07) is 1.92. The van der Waals surface area contributed by atoms with E-state index in [1.807, 2.05) is 0 Å². The van der Waals surface area contributed by atoms with Crippen LogP contribution in [0, 0.1) is 6.92 Å². The van der Waals surface area contributed by atoms with Gasteiger partial charge in [0.15, 0.2) is 11.5 Å². The highest BCUT2D eigenvalue weighted by molar-refractivity contribution is 6.01. The van der Waals surface area contributed by atoms with Gasteiger partial charge in [0.05, 0.1) is 12.2 Å². The fourth-order valence-corrected chi connectivity index (χ4v) is 1.63. The van der Waals surface area contributed by atoms with Crippen LogP contribution in [0.15, 0.2) is 16.8 Å². The van der Waals surface area contributed by atoms with Crippen LogP contribution in [0.4, 0.5) is 5.82 Å². The molecule has 1 saturated heterocycles. The van der Waals surface area contributed by atoms with E-state index < -0.39 is 0 Å². The summed E-state index contributed by atoms with van der Waals surface area (Å²) in [5.74, 6) is 0.661. The molecule has 0 unspecified atom stereocenters. The molecule has 0 spiro atoms. The minimum absolute atomic E-state index is 0.266. The van der Waals surface area contributed by atoms with Crippen molar-refractivity contribution in [2.24, 2.45) is 0 Å². The molecule has 1 amide bonds. The zero-order chi connectivity index (χ0) is 12.5. The molecule has 0 bridgehead atoms. The SMILES string of the molecule is Cc1cc(NC(=O)c2cn(C3CNC3)nn2)no1. The van der Waals surface area contributed by atoms with Gasteiger partial charge in [0, 0.05) is 19.2 Å². The predicted octanol–water partition coefficient (Wildman–Crippen LogP) is -0.0289. The zero-order valence-electron chi connectivity index (χ0n) is 9.75. The standard InChI is InChI=1S/C10H12N6O2/c1-6-2-9(14-18-6)12-10(17)8-5-16(15-13-8)7-3-11-4-7/h2,5,7,11H,3-4H2,1H3,(H,12,14,17). The Hall–Kier alpha value is -2.22. The molecular formula is C10H12N6O2. The molecule has 1 fully saturated rings. The average molecular weight is 248 g/mol. The Balaban J connectivity index is 1.70. The van der Waals surface area contributed by atoms with Gasteiger partial charge >= 0.3 is 0 Å². The van der Waals surface area contributed by atoms with Crippen molar-refractivity contribution >= 4 is 11.7 Å². The first-order valence-corrected chi connectivity index (χ1v) is 5.59. The van der Waals surface area contributed by atoms with E-state index >= 15 is 0 Å². The molecule has 3 rings (SSSR count). The van der Waals surface area contributed by atoms with Crippen molar-refractivity contribution in [3.8, 4) is 0 Å². The smallest absolute Gasteiger partial charge is 0.279 e. The monoisotopic (exact) mass is 248 g/mol. The lowest BCUT2D eigenvalue weighted by molar-refractivity contribution is 0.102. The van der Waals surface area contributed by atoms with Crippen molar-refractivity contribution in [1.82, 2.24) is 25.5 Å². The molecule has 0 saturated carbocycles. The van der Waals surface area contributed by atoms with Gasteiger partial charge in [-0.15, -0.1) is 5.10 Å². The number of amides is 1.